The van der Waals surface area contributed by atoms with E-state index < -0.39 is 12.1 Å². The zero-order valence-electron chi connectivity index (χ0n) is 58.8. The number of aliphatic hydroxyl groups excluding tert-OH is 2. The quantitative estimate of drug-likeness (QED) is 0.0320. The summed E-state index contributed by atoms with van der Waals surface area (Å²) in [4.78, 5) is 24.6. The lowest BCUT2D eigenvalue weighted by Gasteiger charge is -2.20. The van der Waals surface area contributed by atoms with Crippen LogP contribution in [0.5, 0.6) is 0 Å². The average Bonchev–Trinajstić information content (AvgIpc) is 3.58. The average molecular weight is 1210 g/mol. The molecule has 0 radical (unpaired) electrons. The number of aliphatic hydroxyl groups is 2. The van der Waals surface area contributed by atoms with Gasteiger partial charge in [-0.25, -0.2) is 0 Å². The first-order valence-electron chi connectivity index (χ1n) is 40.0. The molecule has 3 N–H and O–H groups in total. The van der Waals surface area contributed by atoms with Crippen molar-refractivity contribution in [3.05, 3.63) is 12.2 Å². The van der Waals surface area contributed by atoms with Gasteiger partial charge in [-0.15, -0.1) is 0 Å². The summed E-state index contributed by atoms with van der Waals surface area (Å²) in [5.74, 6) is -0.0308. The van der Waals surface area contributed by atoms with E-state index in [2.05, 4.69) is 19.2 Å². The summed E-state index contributed by atoms with van der Waals surface area (Å²) in [5.41, 5.74) is 0. The topological polar surface area (TPSA) is 95.9 Å². The van der Waals surface area contributed by atoms with Gasteiger partial charge in [-0.2, -0.15) is 0 Å². The van der Waals surface area contributed by atoms with Crippen LogP contribution in [-0.2, 0) is 14.3 Å². The molecule has 0 aliphatic rings. The van der Waals surface area contributed by atoms with Gasteiger partial charge in [-0.3, -0.25) is 9.59 Å². The monoisotopic (exact) mass is 1210 g/mol. The number of nitrogens with one attached hydrogen (secondary N) is 1. The Balaban J connectivity index is 3.29. The van der Waals surface area contributed by atoms with Crippen LogP contribution >= 0.6 is 0 Å². The number of allylic oxidation sites excluding steroid dienone is 1. The minimum atomic E-state index is -0.839. The van der Waals surface area contributed by atoms with E-state index in [1.54, 1.807) is 6.08 Å². The Morgan fingerprint density at radius 3 is 0.791 bits per heavy atom. The van der Waals surface area contributed by atoms with Crippen LogP contribution in [0.1, 0.15) is 463 Å². The molecule has 0 heterocycles. The molecule has 0 aliphatic heterocycles. The molecular weight excluding hydrogens is 1050 g/mol. The predicted octanol–water partition coefficient (Wildman–Crippen LogP) is 26.3. The zero-order valence-corrected chi connectivity index (χ0v) is 58.8. The summed E-state index contributed by atoms with van der Waals surface area (Å²) in [6.45, 7) is 4.96. The van der Waals surface area contributed by atoms with Crippen LogP contribution in [0, 0.1) is 0 Å². The lowest BCUT2D eigenvalue weighted by molar-refractivity contribution is -0.143. The maximum atomic E-state index is 12.5. The van der Waals surface area contributed by atoms with Crippen molar-refractivity contribution in [2.24, 2.45) is 0 Å². The van der Waals surface area contributed by atoms with E-state index in [-0.39, 0.29) is 18.5 Å². The molecule has 6 nitrogen and oxygen atoms in total. The van der Waals surface area contributed by atoms with Crippen LogP contribution in [0.15, 0.2) is 12.2 Å². The van der Waals surface area contributed by atoms with Crippen LogP contribution < -0.4 is 5.32 Å². The summed E-state index contributed by atoms with van der Waals surface area (Å²) in [7, 11) is 0. The molecular formula is C80H157NO5. The van der Waals surface area contributed by atoms with Crippen molar-refractivity contribution < 1.29 is 24.5 Å². The Morgan fingerprint density at radius 2 is 0.535 bits per heavy atom. The normalized spacial score (nSPS) is 12.5. The van der Waals surface area contributed by atoms with Crippen molar-refractivity contribution in [3.8, 4) is 0 Å². The minimum absolute atomic E-state index is 0.0272. The maximum absolute atomic E-state index is 12.5. The molecule has 0 fully saturated rings. The molecule has 0 aromatic rings. The van der Waals surface area contributed by atoms with Gasteiger partial charge in [-0.05, 0) is 32.1 Å². The van der Waals surface area contributed by atoms with Gasteiger partial charge in [0.2, 0.25) is 5.91 Å². The number of carbonyl (C=O) groups is 2. The Labute approximate surface area is 539 Å². The highest BCUT2D eigenvalue weighted by Gasteiger charge is 2.18. The Kier molecular flexibility index (Phi) is 74.8. The molecule has 0 saturated heterocycles. The molecule has 2 atom stereocenters. The third-order valence-electron chi connectivity index (χ3n) is 19.1. The SMILES string of the molecule is CCCCCCCCCCCCCCCC/C=C/C(O)C(CO)NC(=O)CCCCCCCCCCCCCCCCCCCCCCCCCCCCCCCCCCCCCCCCCOC(=O)CCCCCCCCCCCCCCCC. The van der Waals surface area contributed by atoms with Crippen LogP contribution in [0.4, 0.5) is 0 Å². The number of ether oxygens (including phenoxy) is 1. The molecule has 0 rings (SSSR count). The van der Waals surface area contributed by atoms with Gasteiger partial charge in [0.05, 0.1) is 25.4 Å². The van der Waals surface area contributed by atoms with Crippen molar-refractivity contribution >= 4 is 11.9 Å². The Bertz CT molecular complexity index is 1300. The summed E-state index contributed by atoms with van der Waals surface area (Å²) >= 11 is 0. The van der Waals surface area contributed by atoms with E-state index in [0.29, 0.717) is 19.4 Å². The van der Waals surface area contributed by atoms with E-state index in [9.17, 15) is 19.8 Å². The first-order valence-corrected chi connectivity index (χ1v) is 40.0. The Morgan fingerprint density at radius 1 is 0.314 bits per heavy atom. The van der Waals surface area contributed by atoms with Gasteiger partial charge in [-0.1, -0.05) is 431 Å². The fraction of sp³-hybridized carbons (Fsp3) is 0.950. The molecule has 0 aromatic heterocycles. The molecule has 2 unspecified atom stereocenters. The Hall–Kier alpha value is -1.40. The van der Waals surface area contributed by atoms with Gasteiger partial charge in [0.15, 0.2) is 0 Å². The fourth-order valence-electron chi connectivity index (χ4n) is 13.0. The first kappa shape index (κ1) is 84.6. The number of rotatable bonds is 76. The second-order valence-corrected chi connectivity index (χ2v) is 27.8. The van der Waals surface area contributed by atoms with Crippen molar-refractivity contribution in [2.45, 2.75) is 475 Å². The second kappa shape index (κ2) is 76.1. The van der Waals surface area contributed by atoms with Gasteiger partial charge in [0, 0.05) is 12.8 Å². The standard InChI is InChI=1S/C80H157NO5/c1-3-5-7-9-11-13-15-17-19-45-48-52-56-60-64-68-72-78(83)77(76-82)81-79(84)73-69-65-61-57-53-49-46-43-41-39-37-35-33-31-29-27-25-23-21-20-22-24-26-28-30-32-34-36-38-40-42-44-47-51-55-59-63-67-71-75-86-80(85)74-70-66-62-58-54-50-18-16-14-12-10-8-6-4-2/h68,72,77-78,82-83H,3-67,69-71,73-76H2,1-2H3,(H,81,84)/b72-68+. The highest BCUT2D eigenvalue weighted by atomic mass is 16.5. The number of hydrogen-bond acceptors (Lipinski definition) is 5. The van der Waals surface area contributed by atoms with Crippen LogP contribution in [-0.4, -0.2) is 47.4 Å². The maximum Gasteiger partial charge on any atom is 0.305 e. The highest BCUT2D eigenvalue weighted by molar-refractivity contribution is 5.76. The molecule has 0 aliphatic carbocycles. The summed E-state index contributed by atoms with van der Waals surface area (Å²) < 4.78 is 5.50. The fourth-order valence-corrected chi connectivity index (χ4v) is 13.0. The lowest BCUT2D eigenvalue weighted by atomic mass is 10.0. The number of hydrogen-bond donors (Lipinski definition) is 3. The summed E-state index contributed by atoms with van der Waals surface area (Å²) in [5, 5.41) is 23.2. The van der Waals surface area contributed by atoms with Crippen LogP contribution in [0.2, 0.25) is 0 Å². The van der Waals surface area contributed by atoms with E-state index in [4.69, 9.17) is 4.74 Å². The number of carbonyl (C=O) groups excluding carboxylic acids is 2. The minimum Gasteiger partial charge on any atom is -0.466 e. The van der Waals surface area contributed by atoms with Gasteiger partial charge >= 0.3 is 5.97 Å². The van der Waals surface area contributed by atoms with Gasteiger partial charge in [0.1, 0.15) is 0 Å². The van der Waals surface area contributed by atoms with E-state index >= 15 is 0 Å². The molecule has 0 saturated carbocycles. The van der Waals surface area contributed by atoms with Gasteiger partial charge < -0.3 is 20.3 Å². The molecule has 0 aromatic carbocycles. The third-order valence-corrected chi connectivity index (χ3v) is 19.1. The summed E-state index contributed by atoms with van der Waals surface area (Å²) in [6.07, 6.45) is 96.4. The second-order valence-electron chi connectivity index (χ2n) is 27.8. The van der Waals surface area contributed by atoms with Crippen LogP contribution in [0.3, 0.4) is 0 Å². The van der Waals surface area contributed by atoms with Crippen molar-refractivity contribution in [3.63, 3.8) is 0 Å². The zero-order chi connectivity index (χ0) is 62.0. The third kappa shape index (κ3) is 71.7. The molecule has 0 spiro atoms. The first-order chi connectivity index (χ1) is 42.5. The number of unbranched alkanes of at least 4 members (excludes halogenated alkanes) is 65. The summed E-state index contributed by atoms with van der Waals surface area (Å²) in [6, 6.07) is -0.622. The lowest BCUT2D eigenvalue weighted by Crippen LogP contribution is -2.45. The largest absolute Gasteiger partial charge is 0.466 e. The molecule has 86 heavy (non-hydrogen) atoms. The highest BCUT2D eigenvalue weighted by Crippen LogP contribution is 2.20. The van der Waals surface area contributed by atoms with E-state index in [1.165, 1.54) is 398 Å². The van der Waals surface area contributed by atoms with Crippen LogP contribution in [0.25, 0.3) is 0 Å². The molecule has 512 valence electrons. The van der Waals surface area contributed by atoms with Crippen molar-refractivity contribution in [1.29, 1.82) is 0 Å². The smallest absolute Gasteiger partial charge is 0.305 e. The van der Waals surface area contributed by atoms with Gasteiger partial charge in [0.25, 0.3) is 0 Å². The predicted molar refractivity (Wildman–Crippen MR) is 380 cm³/mol. The van der Waals surface area contributed by atoms with Crippen molar-refractivity contribution in [1.82, 2.24) is 5.32 Å². The number of esters is 1. The number of amides is 1. The van der Waals surface area contributed by atoms with E-state index in [1.807, 2.05) is 6.08 Å². The molecule has 0 bridgehead atoms. The van der Waals surface area contributed by atoms with E-state index in [0.717, 1.165) is 38.5 Å². The molecule has 6 heteroatoms. The molecule has 1 amide bonds. The van der Waals surface area contributed by atoms with Crippen molar-refractivity contribution in [2.75, 3.05) is 13.2 Å².